The lowest BCUT2D eigenvalue weighted by Gasteiger charge is -2.30. The fraction of sp³-hybridized carbons (Fsp3) is 0.393. The standard InChI is InChI=1S/C26H30N2O3.C2H6.ClH.H2O/c1-16(2)20(24-17(3)21-8-5-6-9-23(21)25(24)30)12-11-19(29)13-15-28-14-7-10-22(18(28)4)26(27)31;1-2;;/h5-10,14,18,20,24H,1,3,11-13,15H2,2,4H3,(H2,27,31);1-2H3;1H;1H2. The first-order valence-electron chi connectivity index (χ1n) is 11.7. The highest BCUT2D eigenvalue weighted by molar-refractivity contribution is 6.14. The molecule has 3 rings (SSSR count). The van der Waals surface area contributed by atoms with Gasteiger partial charge in [-0.2, -0.15) is 0 Å². The lowest BCUT2D eigenvalue weighted by molar-refractivity contribution is -0.119. The number of hydrogen-bond acceptors (Lipinski definition) is 4. The Balaban J connectivity index is 0.00000282. The van der Waals surface area contributed by atoms with Gasteiger partial charge < -0.3 is 16.1 Å². The van der Waals surface area contributed by atoms with Crippen LogP contribution in [0.1, 0.15) is 62.9 Å². The van der Waals surface area contributed by atoms with Gasteiger partial charge in [0.15, 0.2) is 5.78 Å². The molecule has 0 fully saturated rings. The highest BCUT2D eigenvalue weighted by atomic mass is 35.5. The molecule has 192 valence electrons. The van der Waals surface area contributed by atoms with Crippen molar-refractivity contribution in [2.45, 2.75) is 53.0 Å². The second-order valence-electron chi connectivity index (χ2n) is 8.43. The smallest absolute Gasteiger partial charge is 0.246 e. The molecule has 2 aliphatic rings. The first kappa shape index (κ1) is 32.0. The number of fused-ring (bicyclic) bond motifs is 1. The molecule has 4 N–H and O–H groups in total. The molecular weight excluding hydrogens is 464 g/mol. The van der Waals surface area contributed by atoms with Gasteiger partial charge in [-0.05, 0) is 49.6 Å². The number of hydrogen-bond donors (Lipinski definition) is 1. The minimum absolute atomic E-state index is 0. The molecule has 6 nitrogen and oxygen atoms in total. The quantitative estimate of drug-likeness (QED) is 0.493. The van der Waals surface area contributed by atoms with Crippen molar-refractivity contribution in [2.24, 2.45) is 17.6 Å². The number of allylic oxidation sites excluding steroid dienone is 4. The van der Waals surface area contributed by atoms with E-state index in [1.54, 1.807) is 12.2 Å². The summed E-state index contributed by atoms with van der Waals surface area (Å²) >= 11 is 0. The monoisotopic (exact) mass is 502 g/mol. The van der Waals surface area contributed by atoms with Gasteiger partial charge in [-0.25, -0.2) is 0 Å². The molecule has 1 heterocycles. The van der Waals surface area contributed by atoms with Crippen LogP contribution in [0.3, 0.4) is 0 Å². The van der Waals surface area contributed by atoms with E-state index >= 15 is 0 Å². The summed E-state index contributed by atoms with van der Waals surface area (Å²) in [6.07, 6.45) is 6.66. The Kier molecular flexibility index (Phi) is 13.2. The number of rotatable bonds is 9. The highest BCUT2D eigenvalue weighted by Crippen LogP contribution is 2.43. The van der Waals surface area contributed by atoms with Crippen LogP contribution in [0, 0.1) is 11.8 Å². The van der Waals surface area contributed by atoms with Gasteiger partial charge in [-0.3, -0.25) is 14.4 Å². The Morgan fingerprint density at radius 3 is 2.29 bits per heavy atom. The largest absolute Gasteiger partial charge is 0.412 e. The van der Waals surface area contributed by atoms with E-state index in [9.17, 15) is 14.4 Å². The first-order chi connectivity index (χ1) is 15.7. The number of primary amides is 1. The van der Waals surface area contributed by atoms with Crippen LogP contribution in [0.25, 0.3) is 5.57 Å². The van der Waals surface area contributed by atoms with E-state index in [4.69, 9.17) is 5.73 Å². The van der Waals surface area contributed by atoms with E-state index < -0.39 is 5.91 Å². The van der Waals surface area contributed by atoms with Gasteiger partial charge in [0.1, 0.15) is 5.78 Å². The van der Waals surface area contributed by atoms with Crippen LogP contribution in [-0.2, 0) is 9.59 Å². The van der Waals surface area contributed by atoms with Gasteiger partial charge in [-0.1, -0.05) is 62.9 Å². The van der Waals surface area contributed by atoms with E-state index in [-0.39, 0.29) is 47.3 Å². The second-order valence-corrected chi connectivity index (χ2v) is 8.43. The van der Waals surface area contributed by atoms with Crippen molar-refractivity contribution in [2.75, 3.05) is 6.54 Å². The Morgan fingerprint density at radius 1 is 1.14 bits per heavy atom. The Hall–Kier alpha value is -2.96. The van der Waals surface area contributed by atoms with E-state index in [0.717, 1.165) is 16.7 Å². The van der Waals surface area contributed by atoms with Crippen molar-refractivity contribution < 1.29 is 19.9 Å². The maximum atomic E-state index is 13.0. The zero-order valence-corrected chi connectivity index (χ0v) is 22.0. The molecule has 0 saturated carbocycles. The summed E-state index contributed by atoms with van der Waals surface area (Å²) in [5, 5.41) is 0. The Bertz CT molecular complexity index is 977. The summed E-state index contributed by atoms with van der Waals surface area (Å²) in [5.74, 6) is -0.722. The van der Waals surface area contributed by atoms with Crippen molar-refractivity contribution >= 4 is 35.5 Å². The zero-order valence-electron chi connectivity index (χ0n) is 21.2. The third kappa shape index (κ3) is 7.26. The summed E-state index contributed by atoms with van der Waals surface area (Å²) in [5.41, 5.74) is 9.28. The van der Waals surface area contributed by atoms with Gasteiger partial charge in [0.2, 0.25) is 5.91 Å². The highest BCUT2D eigenvalue weighted by Gasteiger charge is 2.39. The van der Waals surface area contributed by atoms with Crippen molar-refractivity contribution in [3.8, 4) is 0 Å². The number of nitrogens with two attached hydrogens (primary N) is 1. The van der Waals surface area contributed by atoms with Crippen LogP contribution in [0.5, 0.6) is 0 Å². The van der Waals surface area contributed by atoms with Crippen molar-refractivity contribution in [1.82, 2.24) is 4.90 Å². The molecule has 3 atom stereocenters. The number of ketones is 2. The summed E-state index contributed by atoms with van der Waals surface area (Å²) in [6, 6.07) is 7.38. The molecule has 1 aliphatic carbocycles. The average molecular weight is 503 g/mol. The zero-order chi connectivity index (χ0) is 24.7. The first-order valence-corrected chi connectivity index (χ1v) is 11.7. The number of halogens is 1. The molecule has 1 aromatic rings. The number of carbonyl (C=O) groups is 3. The van der Waals surface area contributed by atoms with E-state index in [1.807, 2.05) is 63.1 Å². The lowest BCUT2D eigenvalue weighted by atomic mass is 9.79. The van der Waals surface area contributed by atoms with Gasteiger partial charge in [0, 0.05) is 30.5 Å². The van der Waals surface area contributed by atoms with Gasteiger partial charge in [0.05, 0.1) is 12.0 Å². The van der Waals surface area contributed by atoms with Crippen molar-refractivity contribution in [3.63, 3.8) is 0 Å². The number of carbonyl (C=O) groups excluding carboxylic acids is 3. The van der Waals surface area contributed by atoms with E-state index in [1.165, 1.54) is 0 Å². The van der Waals surface area contributed by atoms with Crippen LogP contribution in [0.4, 0.5) is 0 Å². The minimum Gasteiger partial charge on any atom is -0.412 e. The third-order valence-electron chi connectivity index (χ3n) is 6.40. The van der Waals surface area contributed by atoms with Crippen LogP contribution < -0.4 is 5.73 Å². The molecule has 3 unspecified atom stereocenters. The normalized spacial score (nSPS) is 18.7. The van der Waals surface area contributed by atoms with Crippen molar-refractivity contribution in [1.29, 1.82) is 0 Å². The van der Waals surface area contributed by atoms with E-state index in [0.29, 0.717) is 36.9 Å². The molecule has 1 aliphatic heterocycles. The third-order valence-corrected chi connectivity index (χ3v) is 6.40. The van der Waals surface area contributed by atoms with Gasteiger partial charge in [-0.15, -0.1) is 12.4 Å². The van der Waals surface area contributed by atoms with Crippen LogP contribution in [0.2, 0.25) is 0 Å². The molecule has 0 aromatic heterocycles. The predicted molar refractivity (Wildman–Crippen MR) is 145 cm³/mol. The van der Waals surface area contributed by atoms with Crippen LogP contribution >= 0.6 is 12.4 Å². The number of benzene rings is 1. The van der Waals surface area contributed by atoms with Gasteiger partial charge in [0.25, 0.3) is 0 Å². The maximum Gasteiger partial charge on any atom is 0.246 e. The van der Waals surface area contributed by atoms with E-state index in [2.05, 4.69) is 13.2 Å². The molecule has 0 spiro atoms. The van der Waals surface area contributed by atoms with Crippen LogP contribution in [0.15, 0.2) is 66.9 Å². The fourth-order valence-electron chi connectivity index (χ4n) is 4.55. The Morgan fingerprint density at radius 2 is 1.74 bits per heavy atom. The number of amides is 1. The molecule has 7 heteroatoms. The lowest BCUT2D eigenvalue weighted by Crippen LogP contribution is -2.37. The average Bonchev–Trinajstić information content (AvgIpc) is 3.05. The number of Topliss-reactive ketones (excluding diaryl/α,β-unsaturated/α-hetero) is 2. The van der Waals surface area contributed by atoms with Gasteiger partial charge >= 0.3 is 0 Å². The molecule has 0 bridgehead atoms. The summed E-state index contributed by atoms with van der Waals surface area (Å²) in [6.45, 7) is 16.6. The number of nitrogens with zero attached hydrogens (tertiary/aromatic N) is 1. The molecule has 1 aromatic carbocycles. The molecule has 0 radical (unpaired) electrons. The second kappa shape index (κ2) is 14.4. The summed E-state index contributed by atoms with van der Waals surface area (Å²) in [4.78, 5) is 39.1. The predicted octanol–water partition coefficient (Wildman–Crippen LogP) is 4.70. The molecular formula is C28H39ClN2O4. The van der Waals surface area contributed by atoms with Crippen molar-refractivity contribution in [3.05, 3.63) is 78.0 Å². The Labute approximate surface area is 215 Å². The maximum absolute atomic E-state index is 13.0. The fourth-order valence-corrected chi connectivity index (χ4v) is 4.55. The SMILES string of the molecule is C=C(C)C(CCC(=O)CCN1C=CC=C(C(N)=O)C1C)C1C(=C)c2ccccc2C1=O.CC.Cl.O. The summed E-state index contributed by atoms with van der Waals surface area (Å²) < 4.78 is 0. The molecule has 0 saturated heterocycles. The topological polar surface area (TPSA) is 112 Å². The molecule has 35 heavy (non-hydrogen) atoms. The molecule has 1 amide bonds. The minimum atomic E-state index is -0.445. The summed E-state index contributed by atoms with van der Waals surface area (Å²) in [7, 11) is 0. The van der Waals surface area contributed by atoms with Crippen LogP contribution in [-0.4, -0.2) is 40.4 Å².